The zero-order valence-corrected chi connectivity index (χ0v) is 20.8. The van der Waals surface area contributed by atoms with E-state index in [9.17, 15) is 9.59 Å². The number of amides is 1. The lowest BCUT2D eigenvalue weighted by Gasteiger charge is -2.10. The molecule has 8 heteroatoms. The molecule has 0 bridgehead atoms. The van der Waals surface area contributed by atoms with Gasteiger partial charge in [-0.25, -0.2) is 4.79 Å². The first kappa shape index (κ1) is 25.3. The third kappa shape index (κ3) is 6.40. The van der Waals surface area contributed by atoms with Crippen molar-refractivity contribution in [3.05, 3.63) is 70.1 Å². The van der Waals surface area contributed by atoms with Crippen LogP contribution in [0.3, 0.4) is 0 Å². The first-order valence-corrected chi connectivity index (χ1v) is 12.1. The molecule has 0 unspecified atom stereocenters. The number of carbonyl (C=O) groups excluding carboxylic acids is 2. The van der Waals surface area contributed by atoms with Crippen molar-refractivity contribution >= 4 is 45.9 Å². The molecule has 0 radical (unpaired) electrons. The third-order valence-electron chi connectivity index (χ3n) is 4.74. The number of hydrogen-bond acceptors (Lipinski definition) is 6. The monoisotopic (exact) mass is 499 g/mol. The summed E-state index contributed by atoms with van der Waals surface area (Å²) in [7, 11) is 1.57. The zero-order chi connectivity index (χ0) is 24.5. The highest BCUT2D eigenvalue weighted by Crippen LogP contribution is 2.37. The molecule has 3 aromatic rings. The number of nitrogens with one attached hydrogen (secondary N) is 1. The van der Waals surface area contributed by atoms with Crippen LogP contribution in [-0.2, 0) is 9.53 Å². The maximum atomic E-state index is 12.7. The van der Waals surface area contributed by atoms with Crippen molar-refractivity contribution in [3.8, 4) is 22.6 Å². The van der Waals surface area contributed by atoms with Crippen molar-refractivity contribution in [3.63, 3.8) is 0 Å². The van der Waals surface area contributed by atoms with Gasteiger partial charge in [0.15, 0.2) is 11.5 Å². The SMILES string of the molecule is CCCOc1ccc(/C=C/C(=O)Nc2scc(-c3ccc(Cl)cc3)c2C(=O)OCC)cc1OC. The normalized spacial score (nSPS) is 10.8. The fraction of sp³-hybridized carbons (Fsp3) is 0.231. The molecule has 1 heterocycles. The van der Waals surface area contributed by atoms with Gasteiger partial charge >= 0.3 is 5.97 Å². The minimum Gasteiger partial charge on any atom is -0.493 e. The maximum Gasteiger partial charge on any atom is 0.341 e. The van der Waals surface area contributed by atoms with Gasteiger partial charge in [0.2, 0.25) is 5.91 Å². The van der Waals surface area contributed by atoms with E-state index >= 15 is 0 Å². The quantitative estimate of drug-likeness (QED) is 0.248. The fourth-order valence-corrected chi connectivity index (χ4v) is 4.23. The maximum absolute atomic E-state index is 12.7. The summed E-state index contributed by atoms with van der Waals surface area (Å²) in [6, 6.07) is 12.6. The van der Waals surface area contributed by atoms with E-state index in [-0.39, 0.29) is 12.5 Å². The zero-order valence-electron chi connectivity index (χ0n) is 19.2. The molecule has 0 saturated heterocycles. The number of halogens is 1. The Balaban J connectivity index is 1.81. The van der Waals surface area contributed by atoms with E-state index in [1.807, 2.05) is 36.6 Å². The van der Waals surface area contributed by atoms with Crippen LogP contribution in [0.1, 0.15) is 36.2 Å². The van der Waals surface area contributed by atoms with Crippen molar-refractivity contribution in [2.75, 3.05) is 25.6 Å². The second-order valence-corrected chi connectivity index (χ2v) is 8.48. The largest absolute Gasteiger partial charge is 0.493 e. The first-order chi connectivity index (χ1) is 16.5. The van der Waals surface area contributed by atoms with Crippen molar-refractivity contribution in [1.82, 2.24) is 0 Å². The fourth-order valence-electron chi connectivity index (χ4n) is 3.14. The smallest absolute Gasteiger partial charge is 0.341 e. The predicted molar refractivity (Wildman–Crippen MR) is 137 cm³/mol. The molecule has 2 aromatic carbocycles. The summed E-state index contributed by atoms with van der Waals surface area (Å²) in [6.07, 6.45) is 3.96. The molecule has 0 saturated carbocycles. The van der Waals surface area contributed by atoms with Gasteiger partial charge in [0.05, 0.1) is 20.3 Å². The average molecular weight is 500 g/mol. The molecule has 34 heavy (non-hydrogen) atoms. The van der Waals surface area contributed by atoms with E-state index in [4.69, 9.17) is 25.8 Å². The van der Waals surface area contributed by atoms with Gasteiger partial charge in [0, 0.05) is 22.0 Å². The Morgan fingerprint density at radius 1 is 1.09 bits per heavy atom. The molecular weight excluding hydrogens is 474 g/mol. The summed E-state index contributed by atoms with van der Waals surface area (Å²) < 4.78 is 16.3. The van der Waals surface area contributed by atoms with Gasteiger partial charge in [0.25, 0.3) is 0 Å². The van der Waals surface area contributed by atoms with E-state index in [0.717, 1.165) is 17.5 Å². The van der Waals surface area contributed by atoms with Crippen molar-refractivity contribution in [2.45, 2.75) is 20.3 Å². The highest BCUT2D eigenvalue weighted by Gasteiger charge is 2.22. The van der Waals surface area contributed by atoms with Gasteiger partial charge in [-0.1, -0.05) is 36.7 Å². The Morgan fingerprint density at radius 2 is 1.85 bits per heavy atom. The lowest BCUT2D eigenvalue weighted by atomic mass is 10.0. The van der Waals surface area contributed by atoms with Crippen LogP contribution in [0.4, 0.5) is 5.00 Å². The van der Waals surface area contributed by atoms with E-state index in [2.05, 4.69) is 5.32 Å². The second kappa shape index (κ2) is 12.3. The van der Waals surface area contributed by atoms with Gasteiger partial charge in [0.1, 0.15) is 10.6 Å². The van der Waals surface area contributed by atoms with E-state index in [0.29, 0.717) is 39.3 Å². The molecule has 0 spiro atoms. The summed E-state index contributed by atoms with van der Waals surface area (Å²) in [4.78, 5) is 25.3. The lowest BCUT2D eigenvalue weighted by molar-refractivity contribution is -0.111. The number of ether oxygens (including phenoxy) is 3. The second-order valence-electron chi connectivity index (χ2n) is 7.16. The third-order valence-corrected chi connectivity index (χ3v) is 5.89. The highest BCUT2D eigenvalue weighted by atomic mass is 35.5. The van der Waals surface area contributed by atoms with Crippen molar-refractivity contribution < 1.29 is 23.8 Å². The molecule has 1 aromatic heterocycles. The van der Waals surface area contributed by atoms with Crippen LogP contribution in [0.25, 0.3) is 17.2 Å². The van der Waals surface area contributed by atoms with E-state index < -0.39 is 5.97 Å². The molecule has 1 N–H and O–H groups in total. The Labute approximate surface area is 208 Å². The van der Waals surface area contributed by atoms with Gasteiger partial charge in [-0.2, -0.15) is 0 Å². The molecule has 0 aliphatic rings. The standard InChI is InChI=1S/C26H26ClNO5S/c1-4-14-33-21-12-6-17(15-22(21)31-3)7-13-23(29)28-25-24(26(30)32-5-2)20(16-34-25)18-8-10-19(27)11-9-18/h6-13,15-16H,4-5,14H2,1-3H3,(H,28,29)/b13-7+. The number of rotatable bonds is 10. The van der Waals surface area contributed by atoms with Crippen molar-refractivity contribution in [2.24, 2.45) is 0 Å². The van der Waals surface area contributed by atoms with Crippen LogP contribution in [0.5, 0.6) is 11.5 Å². The molecule has 0 atom stereocenters. The predicted octanol–water partition coefficient (Wildman–Crippen LogP) is 6.69. The molecule has 0 aliphatic heterocycles. The Morgan fingerprint density at radius 3 is 2.53 bits per heavy atom. The van der Waals surface area contributed by atoms with Gasteiger partial charge in [-0.3, -0.25) is 4.79 Å². The van der Waals surface area contributed by atoms with Gasteiger partial charge in [-0.15, -0.1) is 11.3 Å². The Hall–Kier alpha value is -3.29. The number of anilines is 1. The van der Waals surface area contributed by atoms with Crippen LogP contribution < -0.4 is 14.8 Å². The van der Waals surface area contributed by atoms with Crippen LogP contribution in [-0.4, -0.2) is 32.2 Å². The van der Waals surface area contributed by atoms with Gasteiger partial charge in [-0.05, 0) is 54.8 Å². The molecule has 3 rings (SSSR count). The number of thiophene rings is 1. The first-order valence-electron chi connectivity index (χ1n) is 10.8. The molecule has 0 fully saturated rings. The number of benzene rings is 2. The summed E-state index contributed by atoms with van der Waals surface area (Å²) in [5.74, 6) is 0.366. The lowest BCUT2D eigenvalue weighted by Crippen LogP contribution is -2.12. The topological polar surface area (TPSA) is 73.9 Å². The van der Waals surface area contributed by atoms with Crippen LogP contribution in [0.2, 0.25) is 5.02 Å². The Bertz CT molecular complexity index is 1170. The minimum absolute atomic E-state index is 0.224. The molecular formula is C26H26ClNO5S. The number of carbonyl (C=O) groups is 2. The minimum atomic E-state index is -0.500. The van der Waals surface area contributed by atoms with Crippen molar-refractivity contribution in [1.29, 1.82) is 0 Å². The van der Waals surface area contributed by atoms with Crippen LogP contribution >= 0.6 is 22.9 Å². The molecule has 6 nitrogen and oxygen atoms in total. The average Bonchev–Trinajstić information content (AvgIpc) is 3.25. The highest BCUT2D eigenvalue weighted by molar-refractivity contribution is 7.15. The summed E-state index contributed by atoms with van der Waals surface area (Å²) >= 11 is 7.25. The molecule has 1 amide bonds. The summed E-state index contributed by atoms with van der Waals surface area (Å²) in [5, 5.41) is 5.62. The number of methoxy groups -OCH3 is 1. The molecule has 178 valence electrons. The van der Waals surface area contributed by atoms with Gasteiger partial charge < -0.3 is 19.5 Å². The number of hydrogen-bond donors (Lipinski definition) is 1. The van der Waals surface area contributed by atoms with E-state index in [1.54, 1.807) is 38.3 Å². The molecule has 0 aliphatic carbocycles. The Kier molecular flexibility index (Phi) is 9.13. The number of esters is 1. The summed E-state index contributed by atoms with van der Waals surface area (Å²) in [5.41, 5.74) is 2.56. The summed E-state index contributed by atoms with van der Waals surface area (Å²) in [6.45, 7) is 4.58. The van der Waals surface area contributed by atoms with Crippen LogP contribution in [0.15, 0.2) is 53.9 Å². The van der Waals surface area contributed by atoms with E-state index in [1.165, 1.54) is 17.4 Å². The van der Waals surface area contributed by atoms with Crippen LogP contribution in [0, 0.1) is 0 Å².